The molecule has 0 saturated heterocycles. The van der Waals surface area contributed by atoms with Gasteiger partial charge in [0.2, 0.25) is 0 Å². The Balaban J connectivity index is 1.44. The van der Waals surface area contributed by atoms with Crippen LogP contribution in [-0.2, 0) is 19.3 Å². The summed E-state index contributed by atoms with van der Waals surface area (Å²) >= 11 is 1.93. The molecule has 1 aromatic heterocycles. The van der Waals surface area contributed by atoms with E-state index in [-0.39, 0.29) is 0 Å². The molecule has 0 aromatic carbocycles. The summed E-state index contributed by atoms with van der Waals surface area (Å²) in [6, 6.07) is 0.628. The first-order valence-electron chi connectivity index (χ1n) is 8.78. The Kier molecular flexibility index (Phi) is 5.34. The molecule has 2 aliphatic rings. The lowest BCUT2D eigenvalue weighted by Crippen LogP contribution is -2.39. The van der Waals surface area contributed by atoms with E-state index >= 15 is 0 Å². The Labute approximate surface area is 137 Å². The van der Waals surface area contributed by atoms with Crippen molar-refractivity contribution in [2.75, 3.05) is 13.1 Å². The number of nitrogens with zero attached hydrogens (tertiary/aromatic N) is 2. The van der Waals surface area contributed by atoms with Crippen LogP contribution in [0.2, 0.25) is 0 Å². The number of guanidine groups is 1. The molecule has 3 rings (SSSR count). The lowest BCUT2D eigenvalue weighted by molar-refractivity contribution is 0.679. The first-order valence-corrected chi connectivity index (χ1v) is 9.60. The zero-order valence-corrected chi connectivity index (χ0v) is 14.6. The van der Waals surface area contributed by atoms with Crippen molar-refractivity contribution in [2.45, 2.75) is 64.8 Å². The Bertz CT molecular complexity index is 499. The first-order chi connectivity index (χ1) is 10.8. The molecule has 1 aromatic rings. The zero-order chi connectivity index (χ0) is 15.4. The van der Waals surface area contributed by atoms with E-state index in [9.17, 15) is 0 Å². The second kappa shape index (κ2) is 7.44. The molecule has 2 unspecified atom stereocenters. The lowest BCUT2D eigenvalue weighted by atomic mass is 10.0. The Morgan fingerprint density at radius 3 is 2.91 bits per heavy atom. The summed E-state index contributed by atoms with van der Waals surface area (Å²) in [5.74, 6) is 1.78. The number of rotatable bonds is 6. The number of thiazole rings is 1. The minimum Gasteiger partial charge on any atom is -0.357 e. The fraction of sp³-hybridized carbons (Fsp3) is 0.765. The smallest absolute Gasteiger partial charge is 0.191 e. The van der Waals surface area contributed by atoms with Crippen LogP contribution in [0, 0.1) is 5.92 Å². The van der Waals surface area contributed by atoms with Gasteiger partial charge in [0.05, 0.1) is 10.7 Å². The van der Waals surface area contributed by atoms with Gasteiger partial charge in [-0.25, -0.2) is 4.98 Å². The standard InChI is InChI=1S/C17H28N4S/c1-3-18-17(21-14-11-12(14)2)19-10-6-9-16-20-13-7-4-5-8-15(13)22-16/h12,14H,3-11H2,1-2H3,(H2,18,19,21). The van der Waals surface area contributed by atoms with Gasteiger partial charge in [0.25, 0.3) is 0 Å². The normalized spacial score (nSPS) is 24.0. The van der Waals surface area contributed by atoms with Crippen molar-refractivity contribution < 1.29 is 0 Å². The van der Waals surface area contributed by atoms with Crippen LogP contribution in [0.5, 0.6) is 0 Å². The lowest BCUT2D eigenvalue weighted by Gasteiger charge is -2.10. The molecular weight excluding hydrogens is 292 g/mol. The van der Waals surface area contributed by atoms with Crippen molar-refractivity contribution in [2.24, 2.45) is 10.9 Å². The summed E-state index contributed by atoms with van der Waals surface area (Å²) < 4.78 is 0. The quantitative estimate of drug-likeness (QED) is 0.481. The molecule has 0 bridgehead atoms. The molecule has 1 heterocycles. The number of fused-ring (bicyclic) bond motifs is 1. The van der Waals surface area contributed by atoms with Gasteiger partial charge in [-0.3, -0.25) is 4.99 Å². The van der Waals surface area contributed by atoms with Gasteiger partial charge in [0.15, 0.2) is 5.96 Å². The average Bonchev–Trinajstić information content (AvgIpc) is 3.05. The summed E-state index contributed by atoms with van der Waals surface area (Å²) in [5.41, 5.74) is 1.38. The third-order valence-electron chi connectivity index (χ3n) is 4.48. The summed E-state index contributed by atoms with van der Waals surface area (Å²) in [7, 11) is 0. The van der Waals surface area contributed by atoms with Gasteiger partial charge < -0.3 is 10.6 Å². The molecule has 0 spiro atoms. The molecule has 0 radical (unpaired) electrons. The number of hydrogen-bond donors (Lipinski definition) is 2. The van der Waals surface area contributed by atoms with E-state index in [1.54, 1.807) is 4.88 Å². The SMILES string of the molecule is CCNC(=NCCCc1nc2c(s1)CCCC2)NC1CC1C. The molecule has 22 heavy (non-hydrogen) atoms. The zero-order valence-electron chi connectivity index (χ0n) is 13.8. The maximum Gasteiger partial charge on any atom is 0.191 e. The Hall–Kier alpha value is -1.10. The van der Waals surface area contributed by atoms with E-state index < -0.39 is 0 Å². The second-order valence-corrected chi connectivity index (χ2v) is 7.68. The first kappa shape index (κ1) is 15.8. The molecule has 2 N–H and O–H groups in total. The van der Waals surface area contributed by atoms with E-state index in [1.807, 2.05) is 11.3 Å². The second-order valence-electron chi connectivity index (χ2n) is 6.51. The topological polar surface area (TPSA) is 49.3 Å². The minimum absolute atomic E-state index is 0.628. The van der Waals surface area contributed by atoms with Crippen LogP contribution in [0.15, 0.2) is 4.99 Å². The van der Waals surface area contributed by atoms with E-state index in [2.05, 4.69) is 24.5 Å². The highest BCUT2D eigenvalue weighted by Crippen LogP contribution is 2.29. The fourth-order valence-electron chi connectivity index (χ4n) is 2.95. The molecule has 2 aliphatic carbocycles. The van der Waals surface area contributed by atoms with Crippen molar-refractivity contribution in [3.63, 3.8) is 0 Å². The Morgan fingerprint density at radius 1 is 1.36 bits per heavy atom. The van der Waals surface area contributed by atoms with Crippen molar-refractivity contribution in [3.8, 4) is 0 Å². The van der Waals surface area contributed by atoms with Gasteiger partial charge in [0, 0.05) is 30.4 Å². The molecule has 4 nitrogen and oxygen atoms in total. The number of aryl methyl sites for hydroxylation is 3. The molecule has 122 valence electrons. The van der Waals surface area contributed by atoms with Crippen molar-refractivity contribution in [1.82, 2.24) is 15.6 Å². The van der Waals surface area contributed by atoms with Gasteiger partial charge >= 0.3 is 0 Å². The molecule has 1 fully saturated rings. The van der Waals surface area contributed by atoms with Crippen molar-refractivity contribution in [1.29, 1.82) is 0 Å². The largest absolute Gasteiger partial charge is 0.357 e. The summed E-state index contributed by atoms with van der Waals surface area (Å²) in [6.45, 7) is 6.20. The van der Waals surface area contributed by atoms with Crippen LogP contribution in [0.1, 0.15) is 55.1 Å². The van der Waals surface area contributed by atoms with Crippen LogP contribution < -0.4 is 10.6 Å². The highest BCUT2D eigenvalue weighted by atomic mass is 32.1. The maximum atomic E-state index is 4.81. The van der Waals surface area contributed by atoms with Crippen LogP contribution >= 0.6 is 11.3 Å². The van der Waals surface area contributed by atoms with Gasteiger partial charge in [0.1, 0.15) is 0 Å². The maximum absolute atomic E-state index is 4.81. The highest BCUT2D eigenvalue weighted by molar-refractivity contribution is 7.11. The van der Waals surface area contributed by atoms with Crippen LogP contribution in [0.4, 0.5) is 0 Å². The van der Waals surface area contributed by atoms with Gasteiger partial charge in [-0.05, 0) is 51.4 Å². The van der Waals surface area contributed by atoms with Gasteiger partial charge in [-0.2, -0.15) is 0 Å². The molecule has 2 atom stereocenters. The van der Waals surface area contributed by atoms with Crippen molar-refractivity contribution in [3.05, 3.63) is 15.6 Å². The van der Waals surface area contributed by atoms with Crippen LogP contribution in [0.25, 0.3) is 0 Å². The predicted molar refractivity (Wildman–Crippen MR) is 93.8 cm³/mol. The number of hydrogen-bond acceptors (Lipinski definition) is 3. The third-order valence-corrected chi connectivity index (χ3v) is 5.70. The summed E-state index contributed by atoms with van der Waals surface area (Å²) in [4.78, 5) is 11.1. The summed E-state index contributed by atoms with van der Waals surface area (Å²) in [5, 5.41) is 8.16. The van der Waals surface area contributed by atoms with Crippen LogP contribution in [0.3, 0.4) is 0 Å². The van der Waals surface area contributed by atoms with Gasteiger partial charge in [-0.15, -0.1) is 11.3 Å². The molecule has 0 amide bonds. The van der Waals surface area contributed by atoms with E-state index in [0.717, 1.165) is 37.8 Å². The monoisotopic (exact) mass is 320 g/mol. The summed E-state index contributed by atoms with van der Waals surface area (Å²) in [6.07, 6.45) is 8.53. The Morgan fingerprint density at radius 2 is 2.18 bits per heavy atom. The molecule has 1 saturated carbocycles. The minimum atomic E-state index is 0.628. The molecular formula is C17H28N4S. The predicted octanol–water partition coefficient (Wildman–Crippen LogP) is 2.92. The van der Waals surface area contributed by atoms with E-state index in [1.165, 1.54) is 42.8 Å². The van der Waals surface area contributed by atoms with E-state index in [4.69, 9.17) is 9.98 Å². The molecule has 5 heteroatoms. The van der Waals surface area contributed by atoms with Crippen molar-refractivity contribution >= 4 is 17.3 Å². The number of nitrogens with one attached hydrogen (secondary N) is 2. The number of aliphatic imine (C=N–C) groups is 1. The highest BCUT2D eigenvalue weighted by Gasteiger charge is 2.33. The van der Waals surface area contributed by atoms with E-state index in [0.29, 0.717) is 6.04 Å². The average molecular weight is 321 g/mol. The van der Waals surface area contributed by atoms with Gasteiger partial charge in [-0.1, -0.05) is 6.92 Å². The number of aromatic nitrogens is 1. The fourth-order valence-corrected chi connectivity index (χ4v) is 4.15. The van der Waals surface area contributed by atoms with Crippen LogP contribution in [-0.4, -0.2) is 30.1 Å². The third kappa shape index (κ3) is 4.22. The molecule has 0 aliphatic heterocycles.